The second kappa shape index (κ2) is 9.98. The van der Waals surface area contributed by atoms with E-state index in [0.717, 1.165) is 31.0 Å². The molecule has 0 fully saturated rings. The Morgan fingerprint density at radius 3 is 2.78 bits per heavy atom. The molecule has 11 nitrogen and oxygen atoms in total. The summed E-state index contributed by atoms with van der Waals surface area (Å²) in [6, 6.07) is 7.86. The van der Waals surface area contributed by atoms with Gasteiger partial charge in [0, 0.05) is 43.8 Å². The number of nitrogens with zero attached hydrogens (tertiary/aromatic N) is 8. The molecule has 0 amide bonds. The number of rotatable bonds is 7. The van der Waals surface area contributed by atoms with E-state index in [1.54, 1.807) is 20.0 Å². The van der Waals surface area contributed by atoms with Crippen LogP contribution < -0.4 is 4.74 Å². The Bertz CT molecular complexity index is 1490. The summed E-state index contributed by atoms with van der Waals surface area (Å²) in [6.07, 6.45) is 1.01. The zero-order valence-corrected chi connectivity index (χ0v) is 22.0. The van der Waals surface area contributed by atoms with Crippen LogP contribution in [0.15, 0.2) is 41.0 Å². The topological polar surface area (TPSA) is 117 Å². The largest absolute Gasteiger partial charge is 0.478 e. The molecule has 4 heterocycles. The van der Waals surface area contributed by atoms with Crippen molar-refractivity contribution in [2.45, 2.75) is 32.5 Å². The van der Waals surface area contributed by atoms with Gasteiger partial charge in [0.05, 0.1) is 28.1 Å². The lowest BCUT2D eigenvalue weighted by Crippen LogP contribution is -2.30. The molecule has 0 unspecified atom stereocenters. The van der Waals surface area contributed by atoms with E-state index in [1.807, 2.05) is 4.68 Å². The summed E-state index contributed by atoms with van der Waals surface area (Å²) in [5.41, 5.74) is 4.35. The van der Waals surface area contributed by atoms with Crippen molar-refractivity contribution in [3.05, 3.63) is 79.6 Å². The van der Waals surface area contributed by atoms with Crippen LogP contribution in [0.1, 0.15) is 35.7 Å². The summed E-state index contributed by atoms with van der Waals surface area (Å²) in [5, 5.41) is 25.3. The SMILES string of the molecule is C[C@@H](Oc1cc(Br)cnc1[N+](=O)[O-])c1cc(F)ccc1-c1nn(C)nc1Cc1cc2n(n1)CCN(C)C2. The molecule has 13 heteroatoms. The van der Waals surface area contributed by atoms with E-state index in [1.165, 1.54) is 29.2 Å². The van der Waals surface area contributed by atoms with Gasteiger partial charge in [-0.05, 0) is 64.1 Å². The number of aromatic nitrogens is 6. The molecule has 0 bridgehead atoms. The molecule has 192 valence electrons. The van der Waals surface area contributed by atoms with Crippen molar-refractivity contribution in [1.29, 1.82) is 0 Å². The minimum atomic E-state index is -0.759. The maximum Gasteiger partial charge on any atom is 0.406 e. The third-order valence-electron chi connectivity index (χ3n) is 6.15. The van der Waals surface area contributed by atoms with Crippen LogP contribution in [-0.2, 0) is 26.6 Å². The molecule has 0 N–H and O–H groups in total. The van der Waals surface area contributed by atoms with E-state index in [-0.39, 0.29) is 5.75 Å². The van der Waals surface area contributed by atoms with Crippen LogP contribution in [0.4, 0.5) is 10.2 Å². The summed E-state index contributed by atoms with van der Waals surface area (Å²) >= 11 is 3.27. The Morgan fingerprint density at radius 2 is 2.00 bits per heavy atom. The van der Waals surface area contributed by atoms with Crippen molar-refractivity contribution in [1.82, 2.24) is 34.7 Å². The highest BCUT2D eigenvalue weighted by Crippen LogP contribution is 2.36. The zero-order chi connectivity index (χ0) is 26.3. The smallest absolute Gasteiger partial charge is 0.406 e. The number of ether oxygens (including phenoxy) is 1. The number of pyridine rings is 1. The lowest BCUT2D eigenvalue weighted by Gasteiger charge is -2.22. The van der Waals surface area contributed by atoms with Crippen LogP contribution in [0, 0.1) is 15.9 Å². The first-order valence-corrected chi connectivity index (χ1v) is 12.4. The van der Waals surface area contributed by atoms with Gasteiger partial charge in [0.1, 0.15) is 17.6 Å². The molecule has 0 saturated heterocycles. The van der Waals surface area contributed by atoms with Gasteiger partial charge in [-0.2, -0.15) is 20.1 Å². The molecular formula is C24H24BrFN8O3. The van der Waals surface area contributed by atoms with Crippen molar-refractivity contribution < 1.29 is 14.1 Å². The Labute approximate surface area is 220 Å². The number of aryl methyl sites for hydroxylation is 1. The Hall–Kier alpha value is -3.71. The fourth-order valence-electron chi connectivity index (χ4n) is 4.47. The van der Waals surface area contributed by atoms with Crippen molar-refractivity contribution in [2.24, 2.45) is 7.05 Å². The number of hydrogen-bond donors (Lipinski definition) is 0. The third-order valence-corrected chi connectivity index (χ3v) is 6.59. The average molecular weight is 571 g/mol. The summed E-state index contributed by atoms with van der Waals surface area (Å²) in [5.74, 6) is -0.926. The fourth-order valence-corrected chi connectivity index (χ4v) is 4.78. The minimum Gasteiger partial charge on any atom is -0.478 e. The molecule has 0 radical (unpaired) electrons. The maximum absolute atomic E-state index is 14.4. The van der Waals surface area contributed by atoms with Gasteiger partial charge in [0.25, 0.3) is 0 Å². The van der Waals surface area contributed by atoms with Gasteiger partial charge in [-0.3, -0.25) is 9.58 Å². The quantitative estimate of drug-likeness (QED) is 0.241. The molecule has 1 aliphatic heterocycles. The Balaban J connectivity index is 1.50. The fraction of sp³-hybridized carbons (Fsp3) is 0.333. The summed E-state index contributed by atoms with van der Waals surface area (Å²) < 4.78 is 22.9. The zero-order valence-electron chi connectivity index (χ0n) is 20.4. The second-order valence-corrected chi connectivity index (χ2v) is 9.89. The van der Waals surface area contributed by atoms with Crippen LogP contribution in [0.25, 0.3) is 11.3 Å². The number of fused-ring (bicyclic) bond motifs is 1. The first-order chi connectivity index (χ1) is 17.7. The summed E-state index contributed by atoms with van der Waals surface area (Å²) in [6.45, 7) is 4.28. The molecule has 1 atom stereocenters. The van der Waals surface area contributed by atoms with Gasteiger partial charge in [-0.15, -0.1) is 0 Å². The molecule has 0 spiro atoms. The number of hydrogen-bond acceptors (Lipinski definition) is 8. The van der Waals surface area contributed by atoms with Crippen LogP contribution in [0.5, 0.6) is 5.75 Å². The molecule has 1 aromatic carbocycles. The van der Waals surface area contributed by atoms with Gasteiger partial charge in [0.2, 0.25) is 5.75 Å². The Kier molecular flexibility index (Phi) is 6.73. The number of benzene rings is 1. The van der Waals surface area contributed by atoms with Gasteiger partial charge < -0.3 is 14.9 Å². The lowest BCUT2D eigenvalue weighted by atomic mass is 9.98. The van der Waals surface area contributed by atoms with Crippen molar-refractivity contribution in [2.75, 3.05) is 13.6 Å². The molecule has 1 aliphatic rings. The van der Waals surface area contributed by atoms with E-state index in [4.69, 9.17) is 9.84 Å². The first kappa shape index (κ1) is 25.0. The van der Waals surface area contributed by atoms with E-state index in [9.17, 15) is 14.5 Å². The monoisotopic (exact) mass is 570 g/mol. The second-order valence-electron chi connectivity index (χ2n) is 8.97. The van der Waals surface area contributed by atoms with E-state index >= 15 is 0 Å². The van der Waals surface area contributed by atoms with Crippen molar-refractivity contribution >= 4 is 21.7 Å². The Morgan fingerprint density at radius 1 is 1.19 bits per heavy atom. The highest BCUT2D eigenvalue weighted by Gasteiger charge is 2.25. The van der Waals surface area contributed by atoms with Crippen LogP contribution >= 0.6 is 15.9 Å². The van der Waals surface area contributed by atoms with Gasteiger partial charge in [-0.25, -0.2) is 4.39 Å². The number of likely N-dealkylation sites (N-methyl/N-ethyl adjacent to an activating group) is 1. The number of halogens is 2. The predicted molar refractivity (Wildman–Crippen MR) is 135 cm³/mol. The highest BCUT2D eigenvalue weighted by atomic mass is 79.9. The highest BCUT2D eigenvalue weighted by molar-refractivity contribution is 9.10. The maximum atomic E-state index is 14.4. The number of nitro groups is 1. The van der Waals surface area contributed by atoms with Crippen molar-refractivity contribution in [3.8, 4) is 17.0 Å². The average Bonchev–Trinajstić information content (AvgIpc) is 3.40. The van der Waals surface area contributed by atoms with Gasteiger partial charge >= 0.3 is 5.82 Å². The molecule has 0 saturated carbocycles. The summed E-state index contributed by atoms with van der Waals surface area (Å²) in [7, 11) is 3.80. The summed E-state index contributed by atoms with van der Waals surface area (Å²) in [4.78, 5) is 18.4. The van der Waals surface area contributed by atoms with Crippen molar-refractivity contribution in [3.63, 3.8) is 0 Å². The first-order valence-electron chi connectivity index (χ1n) is 11.6. The molecule has 4 aromatic rings. The van der Waals surface area contributed by atoms with E-state index in [2.05, 4.69) is 49.1 Å². The molecule has 3 aromatic heterocycles. The molecule has 37 heavy (non-hydrogen) atoms. The third kappa shape index (κ3) is 5.23. The predicted octanol–water partition coefficient (Wildman–Crippen LogP) is 4.06. The minimum absolute atomic E-state index is 0.0324. The normalized spacial score (nSPS) is 14.4. The molecular weight excluding hydrogens is 547 g/mol. The van der Waals surface area contributed by atoms with Gasteiger partial charge in [0.15, 0.2) is 6.20 Å². The van der Waals surface area contributed by atoms with Crippen LogP contribution in [0.3, 0.4) is 0 Å². The standard InChI is InChI=1S/C24H24BrFN8O3/c1-14(37-22-8-15(25)12-27-24(22)34(35)36)20-9-16(26)4-5-19(20)23-21(29-32(3)30-23)11-17-10-18-13-31(2)6-7-33(18)28-17/h4-5,8-10,12,14H,6-7,11,13H2,1-3H3/t14-/m1/s1. The van der Waals surface area contributed by atoms with Gasteiger partial charge in [-0.1, -0.05) is 0 Å². The van der Waals surface area contributed by atoms with E-state index in [0.29, 0.717) is 33.4 Å². The van der Waals surface area contributed by atoms with E-state index < -0.39 is 22.7 Å². The molecule has 0 aliphatic carbocycles. The molecule has 5 rings (SSSR count). The van der Waals surface area contributed by atoms with Crippen LogP contribution in [0.2, 0.25) is 0 Å². The van der Waals surface area contributed by atoms with Crippen LogP contribution in [-0.4, -0.2) is 53.2 Å². The lowest BCUT2D eigenvalue weighted by molar-refractivity contribution is -0.390.